The van der Waals surface area contributed by atoms with Gasteiger partial charge in [0.15, 0.2) is 11.4 Å². The second-order valence-corrected chi connectivity index (χ2v) is 4.79. The fraction of sp³-hybridized carbons (Fsp3) is 0.143. The average molecular weight is 319 g/mol. The number of benzene rings is 1. The molecule has 23 heavy (non-hydrogen) atoms. The van der Waals surface area contributed by atoms with Gasteiger partial charge in [-0.3, -0.25) is 15.0 Å². The number of nitro benzene ring substituents is 1. The van der Waals surface area contributed by atoms with Crippen molar-refractivity contribution in [3.05, 3.63) is 57.2 Å². The molecule has 1 heterocycles. The first-order valence-electron chi connectivity index (χ1n) is 6.44. The van der Waals surface area contributed by atoms with Crippen molar-refractivity contribution < 1.29 is 24.7 Å². The van der Waals surface area contributed by atoms with Gasteiger partial charge in [0.05, 0.1) is 10.6 Å². The van der Waals surface area contributed by atoms with E-state index in [-0.39, 0.29) is 34.2 Å². The van der Waals surface area contributed by atoms with Crippen LogP contribution in [0.15, 0.2) is 47.1 Å². The molecule has 120 valence electrons. The molecular weight excluding hydrogens is 306 g/mol. The van der Waals surface area contributed by atoms with Crippen LogP contribution in [0.3, 0.4) is 0 Å². The first-order chi connectivity index (χ1) is 10.7. The van der Waals surface area contributed by atoms with Crippen molar-refractivity contribution in [3.8, 4) is 0 Å². The summed E-state index contributed by atoms with van der Waals surface area (Å²) in [6.45, 7) is 2.96. The Bertz CT molecular complexity index is 744. The lowest BCUT2D eigenvalue weighted by Gasteiger charge is -2.32. The quantitative estimate of drug-likeness (QED) is 0.563. The monoisotopic (exact) mass is 319 g/mol. The fourth-order valence-electron chi connectivity index (χ4n) is 2.36. The number of aliphatic carboxylic acids is 2. The summed E-state index contributed by atoms with van der Waals surface area (Å²) in [4.78, 5) is 34.4. The lowest BCUT2D eigenvalue weighted by molar-refractivity contribution is -0.384. The number of carboxylic acids is 2. The number of carbonyl (C=O) groups is 2. The van der Waals surface area contributed by atoms with Gasteiger partial charge < -0.3 is 15.5 Å². The molecule has 1 aliphatic heterocycles. The Kier molecular flexibility index (Phi) is 4.04. The predicted molar refractivity (Wildman–Crippen MR) is 79.4 cm³/mol. The Morgan fingerprint density at radius 3 is 2.09 bits per heavy atom. The van der Waals surface area contributed by atoms with Crippen LogP contribution in [0, 0.1) is 10.1 Å². The van der Waals surface area contributed by atoms with Gasteiger partial charge >= 0.3 is 11.9 Å². The molecule has 0 saturated carbocycles. The van der Waals surface area contributed by atoms with Crippen LogP contribution in [0.5, 0.6) is 0 Å². The third kappa shape index (κ3) is 2.84. The number of hydrogen-bond acceptors (Lipinski definition) is 6. The molecule has 0 bridgehead atoms. The highest BCUT2D eigenvalue weighted by molar-refractivity contribution is 6.02. The molecule has 3 N–H and O–H groups in total. The summed E-state index contributed by atoms with van der Waals surface area (Å²) in [6, 6.07) is 5.13. The maximum atomic E-state index is 11.6. The number of hydrogen-bond donors (Lipinski definition) is 3. The third-order valence-corrected chi connectivity index (χ3v) is 3.24. The molecule has 0 amide bonds. The van der Waals surface area contributed by atoms with Gasteiger partial charge in [0, 0.05) is 23.5 Å². The van der Waals surface area contributed by atoms with E-state index in [1.54, 1.807) is 0 Å². The van der Waals surface area contributed by atoms with Crippen molar-refractivity contribution in [2.45, 2.75) is 13.8 Å². The van der Waals surface area contributed by atoms with E-state index in [4.69, 9.17) is 0 Å². The number of allylic oxidation sites excluding steroid dienone is 2. The highest BCUT2D eigenvalue weighted by atomic mass is 16.6. The molecule has 0 aromatic heterocycles. The number of rotatable bonds is 4. The van der Waals surface area contributed by atoms with Crippen LogP contribution in [-0.4, -0.2) is 27.1 Å². The van der Waals surface area contributed by atoms with Crippen molar-refractivity contribution in [1.82, 2.24) is 5.32 Å². The zero-order chi connectivity index (χ0) is 17.3. The maximum Gasteiger partial charge on any atom is 0.354 e. The minimum Gasteiger partial charge on any atom is -0.477 e. The maximum absolute atomic E-state index is 11.6. The van der Waals surface area contributed by atoms with Crippen molar-refractivity contribution in [2.75, 3.05) is 4.90 Å². The van der Waals surface area contributed by atoms with Gasteiger partial charge in [-0.15, -0.1) is 0 Å². The summed E-state index contributed by atoms with van der Waals surface area (Å²) in [5.74, 6) is -2.71. The molecule has 1 aliphatic rings. The summed E-state index contributed by atoms with van der Waals surface area (Å²) in [7, 11) is 0. The minimum atomic E-state index is -1.35. The van der Waals surface area contributed by atoms with E-state index in [2.05, 4.69) is 5.32 Å². The van der Waals surface area contributed by atoms with Crippen molar-refractivity contribution >= 4 is 23.3 Å². The van der Waals surface area contributed by atoms with E-state index < -0.39 is 16.9 Å². The SMILES string of the molecule is CC1=C(C(=O)O)N(c2cccc([N+](=O)[O-])c2)C(C(=O)O)=C(C)N1. The van der Waals surface area contributed by atoms with Crippen LogP contribution in [0.25, 0.3) is 0 Å². The second-order valence-electron chi connectivity index (χ2n) is 4.79. The van der Waals surface area contributed by atoms with E-state index in [9.17, 15) is 29.9 Å². The van der Waals surface area contributed by atoms with E-state index in [0.29, 0.717) is 0 Å². The van der Waals surface area contributed by atoms with Gasteiger partial charge in [-0.2, -0.15) is 0 Å². The third-order valence-electron chi connectivity index (χ3n) is 3.24. The molecule has 0 radical (unpaired) electrons. The van der Waals surface area contributed by atoms with E-state index >= 15 is 0 Å². The van der Waals surface area contributed by atoms with Crippen LogP contribution in [0.2, 0.25) is 0 Å². The first-order valence-corrected chi connectivity index (χ1v) is 6.44. The number of anilines is 1. The topological polar surface area (TPSA) is 133 Å². The van der Waals surface area contributed by atoms with E-state index in [1.807, 2.05) is 0 Å². The van der Waals surface area contributed by atoms with Gasteiger partial charge in [-0.05, 0) is 19.9 Å². The molecule has 0 fully saturated rings. The van der Waals surface area contributed by atoms with E-state index in [0.717, 1.165) is 11.0 Å². The van der Waals surface area contributed by atoms with Gasteiger partial charge in [0.1, 0.15) is 0 Å². The molecule has 9 nitrogen and oxygen atoms in total. The van der Waals surface area contributed by atoms with Gasteiger partial charge in [0.25, 0.3) is 5.69 Å². The Morgan fingerprint density at radius 2 is 1.65 bits per heavy atom. The van der Waals surface area contributed by atoms with Crippen LogP contribution >= 0.6 is 0 Å². The highest BCUT2D eigenvalue weighted by Gasteiger charge is 2.34. The average Bonchev–Trinajstić information content (AvgIpc) is 2.45. The zero-order valence-corrected chi connectivity index (χ0v) is 12.2. The number of nitro groups is 1. The second kappa shape index (κ2) is 5.79. The van der Waals surface area contributed by atoms with Crippen molar-refractivity contribution in [2.24, 2.45) is 0 Å². The number of nitrogens with one attached hydrogen (secondary N) is 1. The number of nitrogens with zero attached hydrogens (tertiary/aromatic N) is 2. The Morgan fingerprint density at radius 1 is 1.13 bits per heavy atom. The molecular formula is C14H13N3O6. The number of non-ortho nitro benzene ring substituents is 1. The normalized spacial score (nSPS) is 14.6. The van der Waals surface area contributed by atoms with Crippen molar-refractivity contribution in [3.63, 3.8) is 0 Å². The summed E-state index contributed by atoms with van der Waals surface area (Å²) in [5.41, 5.74) is -0.361. The van der Waals surface area contributed by atoms with Crippen LogP contribution < -0.4 is 10.2 Å². The lowest BCUT2D eigenvalue weighted by atomic mass is 10.1. The fourth-order valence-corrected chi connectivity index (χ4v) is 2.36. The van der Waals surface area contributed by atoms with Crippen molar-refractivity contribution in [1.29, 1.82) is 0 Å². The Balaban J connectivity index is 2.72. The van der Waals surface area contributed by atoms with E-state index in [1.165, 1.54) is 32.0 Å². The molecule has 1 aromatic rings. The molecule has 9 heteroatoms. The molecule has 2 rings (SSSR count). The van der Waals surface area contributed by atoms with Gasteiger partial charge in [-0.25, -0.2) is 9.59 Å². The minimum absolute atomic E-state index is 0.0780. The summed E-state index contributed by atoms with van der Waals surface area (Å²) < 4.78 is 0. The highest BCUT2D eigenvalue weighted by Crippen LogP contribution is 2.32. The molecule has 0 unspecified atom stereocenters. The smallest absolute Gasteiger partial charge is 0.354 e. The van der Waals surface area contributed by atoms with Gasteiger partial charge in [-0.1, -0.05) is 6.07 Å². The zero-order valence-electron chi connectivity index (χ0n) is 12.2. The number of carboxylic acid groups (broad SMARTS) is 2. The summed E-state index contributed by atoms with van der Waals surface area (Å²) in [6.07, 6.45) is 0. The molecule has 0 aliphatic carbocycles. The largest absolute Gasteiger partial charge is 0.477 e. The van der Waals surface area contributed by atoms with Crippen LogP contribution in [0.1, 0.15) is 13.8 Å². The first kappa shape index (κ1) is 16.0. The lowest BCUT2D eigenvalue weighted by Crippen LogP contribution is -2.39. The van der Waals surface area contributed by atoms with Crippen LogP contribution in [-0.2, 0) is 9.59 Å². The van der Waals surface area contributed by atoms with Crippen LogP contribution in [0.4, 0.5) is 11.4 Å². The molecule has 0 atom stereocenters. The standard InChI is InChI=1S/C14H13N3O6/c1-7-11(13(18)19)16(12(14(20)21)8(2)15-7)9-4-3-5-10(6-9)17(22)23/h3-6,15H,1-2H3,(H,18,19)(H,20,21). The Labute approximate surface area is 130 Å². The van der Waals surface area contributed by atoms with Gasteiger partial charge in [0.2, 0.25) is 0 Å². The Hall–Kier alpha value is -3.36. The molecule has 0 spiro atoms. The molecule has 0 saturated heterocycles. The molecule has 1 aromatic carbocycles. The summed E-state index contributed by atoms with van der Waals surface area (Å²) >= 11 is 0. The summed E-state index contributed by atoms with van der Waals surface area (Å²) in [5, 5.41) is 32.4. The predicted octanol–water partition coefficient (Wildman–Crippen LogP) is 1.64.